The number of hydrogen-bond donors (Lipinski definition) is 3. The summed E-state index contributed by atoms with van der Waals surface area (Å²) in [4.78, 5) is 23.1. The first-order chi connectivity index (χ1) is 9.61. The van der Waals surface area contributed by atoms with Crippen LogP contribution in [-0.4, -0.2) is 50.2 Å². The van der Waals surface area contributed by atoms with Gasteiger partial charge >= 0.3 is 0 Å². The van der Waals surface area contributed by atoms with Crippen LogP contribution in [0.2, 0.25) is 0 Å². The summed E-state index contributed by atoms with van der Waals surface area (Å²) >= 11 is 0. The van der Waals surface area contributed by atoms with Gasteiger partial charge in [-0.2, -0.15) is 0 Å². The summed E-state index contributed by atoms with van der Waals surface area (Å²) in [6.45, 7) is 6.31. The largest absolute Gasteiger partial charge is 0.368 e. The third-order valence-corrected chi connectivity index (χ3v) is 3.43. The summed E-state index contributed by atoms with van der Waals surface area (Å²) < 4.78 is 5.53. The smallest absolute Gasteiger partial charge is 0.246 e. The molecule has 0 bridgehead atoms. The fraction of sp³-hybridized carbons (Fsp3) is 0.857. The first-order valence-electron chi connectivity index (χ1n) is 7.50. The highest BCUT2D eigenvalue weighted by atomic mass is 16.5. The van der Waals surface area contributed by atoms with Gasteiger partial charge < -0.3 is 20.7 Å². The van der Waals surface area contributed by atoms with Crippen LogP contribution in [-0.2, 0) is 14.3 Å². The van der Waals surface area contributed by atoms with Crippen LogP contribution in [0.1, 0.15) is 39.5 Å². The molecule has 1 heterocycles. The zero-order chi connectivity index (χ0) is 14.8. The average Bonchev–Trinajstić information content (AvgIpc) is 2.46. The molecule has 6 nitrogen and oxygen atoms in total. The summed E-state index contributed by atoms with van der Waals surface area (Å²) in [5.74, 6) is -0.182. The first-order valence-corrected chi connectivity index (χ1v) is 7.50. The second-order valence-corrected chi connectivity index (χ2v) is 5.24. The lowest BCUT2D eigenvalue weighted by Crippen LogP contribution is -2.38. The Labute approximate surface area is 121 Å². The highest BCUT2D eigenvalue weighted by Crippen LogP contribution is 2.06. The third kappa shape index (κ3) is 7.45. The van der Waals surface area contributed by atoms with Gasteiger partial charge in [0.15, 0.2) is 0 Å². The SMILES string of the molecule is CCC(C)NC(=O)CCNC(=O)COC1CCNCC1. The van der Waals surface area contributed by atoms with Crippen LogP contribution >= 0.6 is 0 Å². The molecule has 0 saturated carbocycles. The van der Waals surface area contributed by atoms with Gasteiger partial charge in [-0.25, -0.2) is 0 Å². The van der Waals surface area contributed by atoms with Crippen LogP contribution in [0, 0.1) is 0 Å². The maximum atomic E-state index is 11.6. The molecule has 20 heavy (non-hydrogen) atoms. The van der Waals surface area contributed by atoms with Gasteiger partial charge in [-0.3, -0.25) is 9.59 Å². The lowest BCUT2D eigenvalue weighted by atomic mass is 10.1. The number of amides is 2. The van der Waals surface area contributed by atoms with Crippen molar-refractivity contribution in [3.05, 3.63) is 0 Å². The van der Waals surface area contributed by atoms with Crippen molar-refractivity contribution < 1.29 is 14.3 Å². The molecule has 0 spiro atoms. The van der Waals surface area contributed by atoms with Gasteiger partial charge in [-0.1, -0.05) is 6.92 Å². The highest BCUT2D eigenvalue weighted by molar-refractivity contribution is 5.79. The number of ether oxygens (including phenoxy) is 1. The second-order valence-electron chi connectivity index (χ2n) is 5.24. The van der Waals surface area contributed by atoms with E-state index in [0.717, 1.165) is 32.4 Å². The molecule has 1 fully saturated rings. The summed E-state index contributed by atoms with van der Waals surface area (Å²) in [5, 5.41) is 8.81. The second kappa shape index (κ2) is 9.72. The van der Waals surface area contributed by atoms with Crippen molar-refractivity contribution in [2.45, 2.75) is 51.7 Å². The van der Waals surface area contributed by atoms with Crippen molar-refractivity contribution >= 4 is 11.8 Å². The van der Waals surface area contributed by atoms with Gasteiger partial charge in [0.1, 0.15) is 6.61 Å². The van der Waals surface area contributed by atoms with E-state index < -0.39 is 0 Å². The Morgan fingerprint density at radius 3 is 2.65 bits per heavy atom. The van der Waals surface area contributed by atoms with Gasteiger partial charge in [-0.05, 0) is 39.3 Å². The van der Waals surface area contributed by atoms with Crippen molar-refractivity contribution in [1.82, 2.24) is 16.0 Å². The minimum atomic E-state index is -0.153. The third-order valence-electron chi connectivity index (χ3n) is 3.43. The molecular formula is C14H27N3O3. The Hall–Kier alpha value is -1.14. The normalized spacial score (nSPS) is 17.5. The molecule has 0 aliphatic carbocycles. The molecule has 1 aliphatic heterocycles. The van der Waals surface area contributed by atoms with E-state index in [9.17, 15) is 9.59 Å². The quantitative estimate of drug-likeness (QED) is 0.594. The number of nitrogens with one attached hydrogen (secondary N) is 3. The fourth-order valence-corrected chi connectivity index (χ4v) is 1.97. The topological polar surface area (TPSA) is 79.5 Å². The number of carbonyl (C=O) groups is 2. The van der Waals surface area contributed by atoms with Crippen molar-refractivity contribution in [1.29, 1.82) is 0 Å². The molecule has 1 saturated heterocycles. The molecule has 6 heteroatoms. The molecule has 1 aliphatic rings. The number of carbonyl (C=O) groups excluding carboxylic acids is 2. The lowest BCUT2D eigenvalue weighted by molar-refractivity contribution is -0.128. The molecular weight excluding hydrogens is 258 g/mol. The van der Waals surface area contributed by atoms with Gasteiger partial charge in [0.25, 0.3) is 0 Å². The molecule has 0 radical (unpaired) electrons. The Balaban J connectivity index is 2.03. The van der Waals surface area contributed by atoms with Crippen molar-refractivity contribution in [3.8, 4) is 0 Å². The molecule has 0 aromatic rings. The minimum absolute atomic E-state index is 0.0288. The molecule has 1 rings (SSSR count). The highest BCUT2D eigenvalue weighted by Gasteiger charge is 2.14. The van der Waals surface area contributed by atoms with Crippen LogP contribution in [0.25, 0.3) is 0 Å². The van der Waals surface area contributed by atoms with Crippen LogP contribution in [0.4, 0.5) is 0 Å². The molecule has 0 aromatic carbocycles. The molecule has 0 aromatic heterocycles. The average molecular weight is 285 g/mol. The van der Waals surface area contributed by atoms with Crippen molar-refractivity contribution in [3.63, 3.8) is 0 Å². The van der Waals surface area contributed by atoms with Crippen LogP contribution in [0.15, 0.2) is 0 Å². The minimum Gasteiger partial charge on any atom is -0.368 e. The van der Waals surface area contributed by atoms with E-state index in [2.05, 4.69) is 16.0 Å². The van der Waals surface area contributed by atoms with Crippen LogP contribution in [0.3, 0.4) is 0 Å². The van der Waals surface area contributed by atoms with E-state index in [1.807, 2.05) is 13.8 Å². The van der Waals surface area contributed by atoms with E-state index in [0.29, 0.717) is 13.0 Å². The molecule has 3 N–H and O–H groups in total. The van der Waals surface area contributed by atoms with Gasteiger partial charge in [0.2, 0.25) is 11.8 Å². The zero-order valence-corrected chi connectivity index (χ0v) is 12.5. The predicted octanol–water partition coefficient (Wildman–Crippen LogP) is 0.176. The number of hydrogen-bond acceptors (Lipinski definition) is 4. The molecule has 116 valence electrons. The Morgan fingerprint density at radius 1 is 1.30 bits per heavy atom. The van der Waals surface area contributed by atoms with E-state index in [1.54, 1.807) is 0 Å². The standard InChI is InChI=1S/C14H27N3O3/c1-3-11(2)17-13(18)6-9-16-14(19)10-20-12-4-7-15-8-5-12/h11-12,15H,3-10H2,1-2H3,(H,16,19)(H,17,18). The fourth-order valence-electron chi connectivity index (χ4n) is 1.97. The van der Waals surface area contributed by atoms with Crippen LogP contribution in [0.5, 0.6) is 0 Å². The maximum absolute atomic E-state index is 11.6. The summed E-state index contributed by atoms with van der Waals surface area (Å²) in [6.07, 6.45) is 3.29. The molecule has 1 unspecified atom stereocenters. The summed E-state index contributed by atoms with van der Waals surface area (Å²) in [7, 11) is 0. The predicted molar refractivity (Wildman–Crippen MR) is 77.4 cm³/mol. The van der Waals surface area contributed by atoms with E-state index in [1.165, 1.54) is 0 Å². The summed E-state index contributed by atoms with van der Waals surface area (Å²) in [6, 6.07) is 0.182. The molecule has 1 atom stereocenters. The monoisotopic (exact) mass is 285 g/mol. The maximum Gasteiger partial charge on any atom is 0.246 e. The van der Waals surface area contributed by atoms with Gasteiger partial charge in [0.05, 0.1) is 6.10 Å². The lowest BCUT2D eigenvalue weighted by Gasteiger charge is -2.22. The van der Waals surface area contributed by atoms with E-state index in [-0.39, 0.29) is 30.6 Å². The van der Waals surface area contributed by atoms with Gasteiger partial charge in [-0.15, -0.1) is 0 Å². The van der Waals surface area contributed by atoms with Crippen LogP contribution < -0.4 is 16.0 Å². The zero-order valence-electron chi connectivity index (χ0n) is 12.5. The molecule has 2 amide bonds. The number of piperidine rings is 1. The van der Waals surface area contributed by atoms with Gasteiger partial charge in [0, 0.05) is 19.0 Å². The van der Waals surface area contributed by atoms with E-state index in [4.69, 9.17) is 4.74 Å². The number of rotatable bonds is 8. The van der Waals surface area contributed by atoms with Crippen molar-refractivity contribution in [2.24, 2.45) is 0 Å². The Kier molecular flexibility index (Phi) is 8.22. The Bertz CT molecular complexity index is 304. The van der Waals surface area contributed by atoms with Crippen molar-refractivity contribution in [2.75, 3.05) is 26.2 Å². The summed E-state index contributed by atoms with van der Waals surface area (Å²) in [5.41, 5.74) is 0. The Morgan fingerprint density at radius 2 is 2.00 bits per heavy atom. The first kappa shape index (κ1) is 16.9. The van der Waals surface area contributed by atoms with E-state index >= 15 is 0 Å².